The van der Waals surface area contributed by atoms with Crippen molar-refractivity contribution < 1.29 is 9.53 Å². The van der Waals surface area contributed by atoms with E-state index in [-0.39, 0.29) is 0 Å². The molecule has 0 aliphatic carbocycles. The Morgan fingerprint density at radius 2 is 2.05 bits per heavy atom. The predicted molar refractivity (Wildman–Crippen MR) is 77.8 cm³/mol. The van der Waals surface area contributed by atoms with Crippen molar-refractivity contribution in [3.05, 3.63) is 42.6 Å². The van der Waals surface area contributed by atoms with Crippen LogP contribution >= 0.6 is 0 Å². The highest BCUT2D eigenvalue weighted by molar-refractivity contribution is 5.96. The third kappa shape index (κ3) is 1.99. The summed E-state index contributed by atoms with van der Waals surface area (Å²) < 4.78 is 5.39. The average Bonchev–Trinajstić information content (AvgIpc) is 2.90. The van der Waals surface area contributed by atoms with Gasteiger partial charge in [-0.2, -0.15) is 0 Å². The number of hydrogen-bond acceptors (Lipinski definition) is 3. The van der Waals surface area contributed by atoms with Crippen LogP contribution in [0.3, 0.4) is 0 Å². The standard InChI is InChI=1S/C15H13N3O2/c1-20-13-5-3-2-4-10(13)12-8-16-15-11(12)6-7-14(18-15)17-9-19/h2-9H,1H3,(H2,16,17,18,19). The van der Waals surface area contributed by atoms with Gasteiger partial charge in [0.05, 0.1) is 7.11 Å². The molecule has 0 unspecified atom stereocenters. The molecular formula is C15H13N3O2. The molecule has 2 N–H and O–H groups in total. The number of carbonyl (C=O) groups is 1. The number of para-hydroxylation sites is 1. The highest BCUT2D eigenvalue weighted by Crippen LogP contribution is 2.34. The molecule has 0 saturated carbocycles. The van der Waals surface area contributed by atoms with Crippen LogP contribution in [0.2, 0.25) is 0 Å². The van der Waals surface area contributed by atoms with Crippen LogP contribution in [-0.2, 0) is 4.79 Å². The smallest absolute Gasteiger partial charge is 0.212 e. The van der Waals surface area contributed by atoms with E-state index in [0.29, 0.717) is 12.2 Å². The molecular weight excluding hydrogens is 254 g/mol. The summed E-state index contributed by atoms with van der Waals surface area (Å²) >= 11 is 0. The first-order chi connectivity index (χ1) is 9.83. The molecule has 0 fully saturated rings. The molecule has 2 aromatic heterocycles. The predicted octanol–water partition coefficient (Wildman–Crippen LogP) is 2.81. The van der Waals surface area contributed by atoms with Crippen molar-refractivity contribution in [3.63, 3.8) is 0 Å². The zero-order valence-electron chi connectivity index (χ0n) is 10.9. The third-order valence-electron chi connectivity index (χ3n) is 3.14. The van der Waals surface area contributed by atoms with Crippen molar-refractivity contribution in [2.24, 2.45) is 0 Å². The van der Waals surface area contributed by atoms with Crippen molar-refractivity contribution in [3.8, 4) is 16.9 Å². The molecule has 1 aromatic carbocycles. The van der Waals surface area contributed by atoms with E-state index in [0.717, 1.165) is 27.9 Å². The Hall–Kier alpha value is -2.82. The zero-order chi connectivity index (χ0) is 13.9. The van der Waals surface area contributed by atoms with Crippen LogP contribution in [-0.4, -0.2) is 23.5 Å². The van der Waals surface area contributed by atoms with E-state index in [1.165, 1.54) is 0 Å². The van der Waals surface area contributed by atoms with Crippen LogP contribution in [0, 0.1) is 0 Å². The van der Waals surface area contributed by atoms with Gasteiger partial charge in [0, 0.05) is 22.7 Å². The molecule has 1 amide bonds. The summed E-state index contributed by atoms with van der Waals surface area (Å²) in [4.78, 5) is 17.9. The third-order valence-corrected chi connectivity index (χ3v) is 3.14. The first-order valence-corrected chi connectivity index (χ1v) is 6.15. The molecule has 0 radical (unpaired) electrons. The summed E-state index contributed by atoms with van der Waals surface area (Å²) in [7, 11) is 1.65. The lowest BCUT2D eigenvalue weighted by Gasteiger charge is -2.07. The molecule has 5 nitrogen and oxygen atoms in total. The number of amides is 1. The monoisotopic (exact) mass is 267 g/mol. The van der Waals surface area contributed by atoms with Gasteiger partial charge in [-0.3, -0.25) is 4.79 Å². The average molecular weight is 267 g/mol. The summed E-state index contributed by atoms with van der Waals surface area (Å²) in [5.74, 6) is 1.32. The summed E-state index contributed by atoms with van der Waals surface area (Å²) in [6, 6.07) is 11.5. The number of aromatic amines is 1. The Morgan fingerprint density at radius 1 is 1.20 bits per heavy atom. The number of anilines is 1. The van der Waals surface area contributed by atoms with Gasteiger partial charge in [-0.05, 0) is 18.2 Å². The van der Waals surface area contributed by atoms with Gasteiger partial charge in [0.25, 0.3) is 0 Å². The number of benzene rings is 1. The summed E-state index contributed by atoms with van der Waals surface area (Å²) in [5, 5.41) is 3.51. The number of carbonyl (C=O) groups excluding carboxylic acids is 1. The van der Waals surface area contributed by atoms with Gasteiger partial charge in [0.2, 0.25) is 6.41 Å². The quantitative estimate of drug-likeness (QED) is 0.714. The Morgan fingerprint density at radius 3 is 2.85 bits per heavy atom. The second kappa shape index (κ2) is 5.05. The van der Waals surface area contributed by atoms with Crippen LogP contribution in [0.5, 0.6) is 5.75 Å². The van der Waals surface area contributed by atoms with Crippen LogP contribution < -0.4 is 10.1 Å². The number of methoxy groups -OCH3 is 1. The Balaban J connectivity index is 2.15. The first-order valence-electron chi connectivity index (χ1n) is 6.15. The zero-order valence-corrected chi connectivity index (χ0v) is 10.9. The maximum atomic E-state index is 10.4. The second-order valence-corrected chi connectivity index (χ2v) is 4.26. The van der Waals surface area contributed by atoms with Crippen molar-refractivity contribution >= 4 is 23.3 Å². The number of nitrogens with one attached hydrogen (secondary N) is 2. The highest BCUT2D eigenvalue weighted by Gasteiger charge is 2.11. The number of pyridine rings is 1. The number of nitrogens with zero attached hydrogens (tertiary/aromatic N) is 1. The minimum Gasteiger partial charge on any atom is -0.496 e. The number of fused-ring (bicyclic) bond motifs is 1. The van der Waals surface area contributed by atoms with E-state index in [1.54, 1.807) is 13.2 Å². The SMILES string of the molecule is COc1ccccc1-c1c[nH]c2nc(NC=O)ccc12. The van der Waals surface area contributed by atoms with Crippen molar-refractivity contribution in [2.75, 3.05) is 12.4 Å². The maximum Gasteiger partial charge on any atom is 0.212 e. The number of ether oxygens (including phenoxy) is 1. The van der Waals surface area contributed by atoms with Crippen molar-refractivity contribution in [1.82, 2.24) is 9.97 Å². The Kier molecular flexibility index (Phi) is 3.09. The van der Waals surface area contributed by atoms with Gasteiger partial charge in [0.15, 0.2) is 0 Å². The lowest BCUT2D eigenvalue weighted by atomic mass is 10.0. The second-order valence-electron chi connectivity index (χ2n) is 4.26. The van der Waals surface area contributed by atoms with E-state index in [1.807, 2.05) is 36.5 Å². The van der Waals surface area contributed by atoms with Gasteiger partial charge >= 0.3 is 0 Å². The highest BCUT2D eigenvalue weighted by atomic mass is 16.5. The number of hydrogen-bond donors (Lipinski definition) is 2. The van der Waals surface area contributed by atoms with E-state index in [4.69, 9.17) is 4.74 Å². The summed E-state index contributed by atoms with van der Waals surface area (Å²) in [6.07, 6.45) is 2.50. The van der Waals surface area contributed by atoms with Gasteiger partial charge in [0.1, 0.15) is 17.2 Å². The molecule has 2 heterocycles. The summed E-state index contributed by atoms with van der Waals surface area (Å²) in [6.45, 7) is 0. The summed E-state index contributed by atoms with van der Waals surface area (Å²) in [5.41, 5.74) is 2.74. The van der Waals surface area contributed by atoms with Crippen molar-refractivity contribution in [2.45, 2.75) is 0 Å². The molecule has 20 heavy (non-hydrogen) atoms. The van der Waals surface area contributed by atoms with E-state index in [9.17, 15) is 4.79 Å². The van der Waals surface area contributed by atoms with Crippen LogP contribution in [0.1, 0.15) is 0 Å². The molecule has 100 valence electrons. The normalized spacial score (nSPS) is 10.4. The van der Waals surface area contributed by atoms with Gasteiger partial charge in [-0.25, -0.2) is 4.98 Å². The lowest BCUT2D eigenvalue weighted by Crippen LogP contribution is -1.96. The number of aromatic nitrogens is 2. The largest absolute Gasteiger partial charge is 0.496 e. The fourth-order valence-electron chi connectivity index (χ4n) is 2.24. The number of H-pyrrole nitrogens is 1. The molecule has 0 bridgehead atoms. The molecule has 0 aliphatic heterocycles. The van der Waals surface area contributed by atoms with Gasteiger partial charge in [-0.1, -0.05) is 18.2 Å². The molecule has 3 aromatic rings. The van der Waals surface area contributed by atoms with Crippen LogP contribution in [0.4, 0.5) is 5.82 Å². The minimum atomic E-state index is 0.515. The van der Waals surface area contributed by atoms with E-state index >= 15 is 0 Å². The van der Waals surface area contributed by atoms with E-state index in [2.05, 4.69) is 15.3 Å². The Bertz CT molecular complexity index is 765. The minimum absolute atomic E-state index is 0.515. The Labute approximate surface area is 115 Å². The molecule has 3 rings (SSSR count). The van der Waals surface area contributed by atoms with Gasteiger partial charge < -0.3 is 15.0 Å². The first kappa shape index (κ1) is 12.2. The maximum absolute atomic E-state index is 10.4. The van der Waals surface area contributed by atoms with Crippen LogP contribution in [0.15, 0.2) is 42.6 Å². The number of rotatable bonds is 4. The molecule has 0 spiro atoms. The topological polar surface area (TPSA) is 67.0 Å². The molecule has 0 atom stereocenters. The van der Waals surface area contributed by atoms with E-state index < -0.39 is 0 Å². The molecule has 0 saturated heterocycles. The molecule has 5 heteroatoms. The lowest BCUT2D eigenvalue weighted by molar-refractivity contribution is -0.105. The van der Waals surface area contributed by atoms with Crippen LogP contribution in [0.25, 0.3) is 22.2 Å². The fourth-order valence-corrected chi connectivity index (χ4v) is 2.24. The molecule has 0 aliphatic rings. The van der Waals surface area contributed by atoms with Gasteiger partial charge in [-0.15, -0.1) is 0 Å². The van der Waals surface area contributed by atoms with Crippen molar-refractivity contribution in [1.29, 1.82) is 0 Å². The fraction of sp³-hybridized carbons (Fsp3) is 0.0667.